The molecule has 0 aromatic rings. The summed E-state index contributed by atoms with van der Waals surface area (Å²) in [6.07, 6.45) is 3.98. The van der Waals surface area contributed by atoms with Gasteiger partial charge in [0.15, 0.2) is 0 Å². The second-order valence-corrected chi connectivity index (χ2v) is 5.94. The molecule has 2 aliphatic rings. The second kappa shape index (κ2) is 3.72. The van der Waals surface area contributed by atoms with Crippen LogP contribution in [0, 0.1) is 0 Å². The molecule has 0 unspecified atom stereocenters. The highest BCUT2D eigenvalue weighted by atomic mass is 15.3. The van der Waals surface area contributed by atoms with Crippen molar-refractivity contribution >= 4 is 0 Å². The van der Waals surface area contributed by atoms with Gasteiger partial charge in [-0.05, 0) is 40.2 Å². The molecule has 0 spiro atoms. The Morgan fingerprint density at radius 2 is 1.87 bits per heavy atom. The van der Waals surface area contributed by atoms with Gasteiger partial charge in [0.05, 0.1) is 0 Å². The minimum Gasteiger partial charge on any atom is -0.329 e. The molecule has 1 aliphatic heterocycles. The van der Waals surface area contributed by atoms with Gasteiger partial charge < -0.3 is 5.73 Å². The van der Waals surface area contributed by atoms with Gasteiger partial charge in [-0.2, -0.15) is 0 Å². The molecule has 1 aliphatic carbocycles. The van der Waals surface area contributed by atoms with Gasteiger partial charge in [-0.3, -0.25) is 9.80 Å². The van der Waals surface area contributed by atoms with Gasteiger partial charge in [-0.15, -0.1) is 0 Å². The molecular weight excluding hydrogens is 186 g/mol. The van der Waals surface area contributed by atoms with Gasteiger partial charge >= 0.3 is 0 Å². The Bertz CT molecular complexity index is 228. The zero-order valence-electron chi connectivity index (χ0n) is 10.4. The molecule has 0 radical (unpaired) electrons. The summed E-state index contributed by atoms with van der Waals surface area (Å²) in [4.78, 5) is 5.11. The van der Waals surface area contributed by atoms with E-state index >= 15 is 0 Å². The highest BCUT2D eigenvalue weighted by molar-refractivity contribution is 5.03. The van der Waals surface area contributed by atoms with Crippen LogP contribution in [0.1, 0.15) is 33.1 Å². The SMILES string of the molecule is CN1CCN(C2(CN)CCC2)CC1(C)C. The van der Waals surface area contributed by atoms with E-state index in [9.17, 15) is 0 Å². The summed E-state index contributed by atoms with van der Waals surface area (Å²) >= 11 is 0. The topological polar surface area (TPSA) is 32.5 Å². The molecule has 0 aromatic heterocycles. The summed E-state index contributed by atoms with van der Waals surface area (Å²) in [7, 11) is 2.23. The number of hydrogen-bond acceptors (Lipinski definition) is 3. The zero-order chi connectivity index (χ0) is 11.1. The van der Waals surface area contributed by atoms with Gasteiger partial charge in [0.2, 0.25) is 0 Å². The predicted molar refractivity (Wildman–Crippen MR) is 63.9 cm³/mol. The number of nitrogens with zero attached hydrogens (tertiary/aromatic N) is 2. The van der Waals surface area contributed by atoms with Gasteiger partial charge in [0, 0.05) is 37.3 Å². The Balaban J connectivity index is 2.06. The maximum absolute atomic E-state index is 5.97. The predicted octanol–water partition coefficient (Wildman–Crippen LogP) is 0.894. The van der Waals surface area contributed by atoms with E-state index in [-0.39, 0.29) is 0 Å². The maximum Gasteiger partial charge on any atom is 0.0333 e. The van der Waals surface area contributed by atoms with Crippen LogP contribution in [-0.4, -0.2) is 54.1 Å². The molecule has 0 aromatic carbocycles. The van der Waals surface area contributed by atoms with Gasteiger partial charge in [0.1, 0.15) is 0 Å². The Hall–Kier alpha value is -0.120. The summed E-state index contributed by atoms with van der Waals surface area (Å²) in [5, 5.41) is 0. The van der Waals surface area contributed by atoms with Gasteiger partial charge in [0.25, 0.3) is 0 Å². The number of hydrogen-bond donors (Lipinski definition) is 1. The molecule has 1 saturated carbocycles. The van der Waals surface area contributed by atoms with Crippen molar-refractivity contribution in [2.45, 2.75) is 44.2 Å². The Morgan fingerprint density at radius 3 is 2.27 bits per heavy atom. The molecule has 15 heavy (non-hydrogen) atoms. The van der Waals surface area contributed by atoms with E-state index in [1.165, 1.54) is 38.9 Å². The highest BCUT2D eigenvalue weighted by Crippen LogP contribution is 2.39. The largest absolute Gasteiger partial charge is 0.329 e. The third-order valence-electron chi connectivity index (χ3n) is 4.65. The number of piperazine rings is 1. The normalized spacial score (nSPS) is 31.2. The molecule has 1 heterocycles. The van der Waals surface area contributed by atoms with Crippen LogP contribution in [0.25, 0.3) is 0 Å². The first-order chi connectivity index (χ1) is 7.00. The average Bonchev–Trinajstić information content (AvgIpc) is 2.10. The van der Waals surface area contributed by atoms with Crippen molar-refractivity contribution < 1.29 is 0 Å². The first kappa shape index (κ1) is 11.4. The van der Waals surface area contributed by atoms with Crippen molar-refractivity contribution in [3.63, 3.8) is 0 Å². The molecule has 2 rings (SSSR count). The summed E-state index contributed by atoms with van der Waals surface area (Å²) in [5.74, 6) is 0. The van der Waals surface area contributed by atoms with Crippen LogP contribution in [0.3, 0.4) is 0 Å². The fourth-order valence-corrected chi connectivity index (χ4v) is 2.88. The van der Waals surface area contributed by atoms with E-state index in [0.717, 1.165) is 6.54 Å². The average molecular weight is 211 g/mol. The van der Waals surface area contributed by atoms with E-state index in [4.69, 9.17) is 5.73 Å². The smallest absolute Gasteiger partial charge is 0.0333 e. The van der Waals surface area contributed by atoms with Gasteiger partial charge in [-0.25, -0.2) is 0 Å². The highest BCUT2D eigenvalue weighted by Gasteiger charge is 2.45. The van der Waals surface area contributed by atoms with Crippen molar-refractivity contribution in [2.24, 2.45) is 5.73 Å². The lowest BCUT2D eigenvalue weighted by atomic mass is 9.74. The number of rotatable bonds is 2. The minimum absolute atomic E-state index is 0.302. The third-order valence-corrected chi connectivity index (χ3v) is 4.65. The monoisotopic (exact) mass is 211 g/mol. The van der Waals surface area contributed by atoms with Crippen LogP contribution in [0.5, 0.6) is 0 Å². The van der Waals surface area contributed by atoms with Crippen LogP contribution in [0.15, 0.2) is 0 Å². The molecule has 88 valence electrons. The van der Waals surface area contributed by atoms with Crippen molar-refractivity contribution in [1.82, 2.24) is 9.80 Å². The fourth-order valence-electron chi connectivity index (χ4n) is 2.88. The first-order valence-electron chi connectivity index (χ1n) is 6.17. The summed E-state index contributed by atoms with van der Waals surface area (Å²) < 4.78 is 0. The van der Waals surface area contributed by atoms with E-state index in [1.807, 2.05) is 0 Å². The van der Waals surface area contributed by atoms with E-state index in [0.29, 0.717) is 11.1 Å². The second-order valence-electron chi connectivity index (χ2n) is 5.94. The van der Waals surface area contributed by atoms with Crippen molar-refractivity contribution in [1.29, 1.82) is 0 Å². The molecule has 3 nitrogen and oxygen atoms in total. The van der Waals surface area contributed by atoms with E-state index in [1.54, 1.807) is 0 Å². The van der Waals surface area contributed by atoms with Crippen molar-refractivity contribution in [3.8, 4) is 0 Å². The van der Waals surface area contributed by atoms with Crippen LogP contribution < -0.4 is 5.73 Å². The Kier molecular flexibility index (Phi) is 2.82. The Labute approximate surface area is 93.6 Å². The van der Waals surface area contributed by atoms with Crippen LogP contribution in [0.2, 0.25) is 0 Å². The summed E-state index contributed by atoms with van der Waals surface area (Å²) in [6, 6.07) is 0. The van der Waals surface area contributed by atoms with E-state index < -0.39 is 0 Å². The van der Waals surface area contributed by atoms with Crippen molar-refractivity contribution in [3.05, 3.63) is 0 Å². The van der Waals surface area contributed by atoms with Crippen LogP contribution >= 0.6 is 0 Å². The molecule has 0 atom stereocenters. The molecular formula is C12H25N3. The minimum atomic E-state index is 0.302. The van der Waals surface area contributed by atoms with Crippen LogP contribution in [-0.2, 0) is 0 Å². The number of likely N-dealkylation sites (N-methyl/N-ethyl adjacent to an activating group) is 1. The first-order valence-corrected chi connectivity index (χ1v) is 6.17. The molecule has 0 bridgehead atoms. The molecule has 1 saturated heterocycles. The van der Waals surface area contributed by atoms with Crippen LogP contribution in [0.4, 0.5) is 0 Å². The van der Waals surface area contributed by atoms with Crippen molar-refractivity contribution in [2.75, 3.05) is 33.2 Å². The Morgan fingerprint density at radius 1 is 1.20 bits per heavy atom. The summed E-state index contributed by atoms with van der Waals surface area (Å²) in [5.41, 5.74) is 6.63. The summed E-state index contributed by atoms with van der Waals surface area (Å²) in [6.45, 7) is 9.05. The lowest BCUT2D eigenvalue weighted by molar-refractivity contribution is -0.0544. The maximum atomic E-state index is 5.97. The number of nitrogens with two attached hydrogens (primary N) is 1. The molecule has 2 N–H and O–H groups in total. The third kappa shape index (κ3) is 1.81. The lowest BCUT2D eigenvalue weighted by Crippen LogP contribution is -2.67. The molecule has 3 heteroatoms. The quantitative estimate of drug-likeness (QED) is 0.736. The fraction of sp³-hybridized carbons (Fsp3) is 1.00. The molecule has 0 amide bonds. The van der Waals surface area contributed by atoms with Gasteiger partial charge in [-0.1, -0.05) is 0 Å². The molecule has 2 fully saturated rings. The standard InChI is InChI=1S/C12H25N3/c1-11(2)10-15(8-7-14(11)3)12(9-13)5-4-6-12/h4-10,13H2,1-3H3. The zero-order valence-corrected chi connectivity index (χ0v) is 10.4. The van der Waals surface area contributed by atoms with E-state index in [2.05, 4.69) is 30.7 Å². The lowest BCUT2D eigenvalue weighted by Gasteiger charge is -2.56.